The lowest BCUT2D eigenvalue weighted by molar-refractivity contribution is -0.118. The Labute approximate surface area is 171 Å². The van der Waals surface area contributed by atoms with Gasteiger partial charge in [-0.15, -0.1) is 11.3 Å². The van der Waals surface area contributed by atoms with E-state index in [2.05, 4.69) is 15.6 Å². The summed E-state index contributed by atoms with van der Waals surface area (Å²) in [7, 11) is 0. The van der Waals surface area contributed by atoms with Gasteiger partial charge in [0.2, 0.25) is 0 Å². The molecule has 0 unspecified atom stereocenters. The molecule has 0 atom stereocenters. The van der Waals surface area contributed by atoms with Crippen molar-refractivity contribution in [2.75, 3.05) is 17.2 Å². The highest BCUT2D eigenvalue weighted by molar-refractivity contribution is 7.13. The standard InChI is InChI=1S/C22H17N3O3S/c26-20(14-28-19-9-8-15-4-1-2-5-16(15)13-19)24-18-7-3-6-17(12-18)21(27)25-22-23-10-11-29-22/h1-13H,14H2,(H,24,26)(H,23,25,27). The van der Waals surface area contributed by atoms with Crippen LogP contribution in [0.1, 0.15) is 10.4 Å². The molecule has 4 aromatic rings. The van der Waals surface area contributed by atoms with E-state index in [1.165, 1.54) is 11.3 Å². The van der Waals surface area contributed by atoms with Crippen LogP contribution in [0.5, 0.6) is 5.75 Å². The summed E-state index contributed by atoms with van der Waals surface area (Å²) in [5, 5.41) is 9.91. The Kier molecular flexibility index (Phi) is 5.49. The van der Waals surface area contributed by atoms with Gasteiger partial charge < -0.3 is 10.1 Å². The first-order valence-electron chi connectivity index (χ1n) is 8.90. The van der Waals surface area contributed by atoms with Crippen LogP contribution in [0.2, 0.25) is 0 Å². The molecule has 0 aliphatic heterocycles. The third-order valence-electron chi connectivity index (χ3n) is 4.15. The van der Waals surface area contributed by atoms with Crippen LogP contribution in [0.3, 0.4) is 0 Å². The van der Waals surface area contributed by atoms with Crippen LogP contribution in [0.15, 0.2) is 78.3 Å². The second kappa shape index (κ2) is 8.53. The molecule has 0 saturated heterocycles. The maximum Gasteiger partial charge on any atom is 0.262 e. The Bertz CT molecular complexity index is 1160. The van der Waals surface area contributed by atoms with Crippen molar-refractivity contribution in [3.8, 4) is 5.75 Å². The quantitative estimate of drug-likeness (QED) is 0.494. The zero-order valence-electron chi connectivity index (χ0n) is 15.3. The summed E-state index contributed by atoms with van der Waals surface area (Å²) < 4.78 is 5.60. The Morgan fingerprint density at radius 1 is 0.931 bits per heavy atom. The molecule has 4 rings (SSSR count). The van der Waals surface area contributed by atoms with Crippen LogP contribution in [0.25, 0.3) is 10.8 Å². The number of carbonyl (C=O) groups is 2. The molecule has 0 radical (unpaired) electrons. The summed E-state index contributed by atoms with van der Waals surface area (Å²) in [4.78, 5) is 28.6. The predicted octanol–water partition coefficient (Wildman–Crippen LogP) is 4.57. The van der Waals surface area contributed by atoms with Gasteiger partial charge in [0.1, 0.15) is 5.75 Å². The fourth-order valence-electron chi connectivity index (χ4n) is 2.80. The van der Waals surface area contributed by atoms with E-state index >= 15 is 0 Å². The van der Waals surface area contributed by atoms with Gasteiger partial charge in [0.15, 0.2) is 11.7 Å². The zero-order valence-corrected chi connectivity index (χ0v) is 16.1. The zero-order chi connectivity index (χ0) is 20.1. The van der Waals surface area contributed by atoms with Crippen molar-refractivity contribution in [1.82, 2.24) is 4.98 Å². The molecule has 29 heavy (non-hydrogen) atoms. The Balaban J connectivity index is 1.36. The molecule has 144 valence electrons. The summed E-state index contributed by atoms with van der Waals surface area (Å²) in [6, 6.07) is 20.3. The minimum atomic E-state index is -0.310. The molecule has 0 aliphatic carbocycles. The molecule has 2 amide bonds. The van der Waals surface area contributed by atoms with E-state index in [1.807, 2.05) is 42.5 Å². The van der Waals surface area contributed by atoms with Crippen LogP contribution in [-0.4, -0.2) is 23.4 Å². The molecule has 1 heterocycles. The highest BCUT2D eigenvalue weighted by atomic mass is 32.1. The SMILES string of the molecule is O=C(COc1ccc2ccccc2c1)Nc1cccc(C(=O)Nc2nccs2)c1. The average molecular weight is 403 g/mol. The number of hydrogen-bond acceptors (Lipinski definition) is 5. The minimum absolute atomic E-state index is 0.131. The van der Waals surface area contributed by atoms with Crippen LogP contribution in [0, 0.1) is 0 Å². The van der Waals surface area contributed by atoms with Gasteiger partial charge >= 0.3 is 0 Å². The van der Waals surface area contributed by atoms with Gasteiger partial charge in [0.25, 0.3) is 11.8 Å². The Morgan fingerprint density at radius 3 is 2.62 bits per heavy atom. The summed E-state index contributed by atoms with van der Waals surface area (Å²) in [5.41, 5.74) is 0.942. The van der Waals surface area contributed by atoms with Gasteiger partial charge in [-0.25, -0.2) is 4.98 Å². The molecular weight excluding hydrogens is 386 g/mol. The van der Waals surface area contributed by atoms with E-state index in [0.717, 1.165) is 10.8 Å². The maximum absolute atomic E-state index is 12.3. The number of carbonyl (C=O) groups excluding carboxylic acids is 2. The second-order valence-corrected chi connectivity index (χ2v) is 7.11. The highest BCUT2D eigenvalue weighted by Gasteiger charge is 2.10. The number of benzene rings is 3. The number of thiazole rings is 1. The van der Waals surface area contributed by atoms with Crippen LogP contribution in [0.4, 0.5) is 10.8 Å². The summed E-state index contributed by atoms with van der Waals surface area (Å²) in [6.07, 6.45) is 1.62. The van der Waals surface area contributed by atoms with E-state index in [0.29, 0.717) is 22.1 Å². The molecule has 0 spiro atoms. The first kappa shape index (κ1) is 18.6. The van der Waals surface area contributed by atoms with Crippen molar-refractivity contribution in [3.05, 3.63) is 83.9 Å². The number of ether oxygens (including phenoxy) is 1. The van der Waals surface area contributed by atoms with Crippen LogP contribution < -0.4 is 15.4 Å². The van der Waals surface area contributed by atoms with Gasteiger partial charge in [-0.3, -0.25) is 14.9 Å². The largest absolute Gasteiger partial charge is 0.484 e. The smallest absolute Gasteiger partial charge is 0.262 e. The van der Waals surface area contributed by atoms with Crippen LogP contribution in [-0.2, 0) is 4.79 Å². The number of anilines is 2. The Morgan fingerprint density at radius 2 is 1.79 bits per heavy atom. The first-order valence-corrected chi connectivity index (χ1v) is 9.78. The fourth-order valence-corrected chi connectivity index (χ4v) is 3.32. The lowest BCUT2D eigenvalue weighted by Crippen LogP contribution is -2.20. The van der Waals surface area contributed by atoms with Gasteiger partial charge in [0.05, 0.1) is 0 Å². The molecule has 2 N–H and O–H groups in total. The third kappa shape index (κ3) is 4.77. The van der Waals surface area contributed by atoms with Crippen LogP contribution >= 0.6 is 11.3 Å². The number of rotatable bonds is 6. The van der Waals surface area contributed by atoms with Crippen molar-refractivity contribution in [2.45, 2.75) is 0 Å². The molecule has 0 bridgehead atoms. The van der Waals surface area contributed by atoms with Gasteiger partial charge in [-0.2, -0.15) is 0 Å². The number of hydrogen-bond donors (Lipinski definition) is 2. The normalized spacial score (nSPS) is 10.5. The fraction of sp³-hybridized carbons (Fsp3) is 0.0455. The molecule has 0 fully saturated rings. The summed E-state index contributed by atoms with van der Waals surface area (Å²) in [5.74, 6) is 0.0227. The van der Waals surface area contributed by atoms with Gasteiger partial charge in [0, 0.05) is 22.8 Å². The lowest BCUT2D eigenvalue weighted by Gasteiger charge is -2.09. The van der Waals surface area contributed by atoms with Crippen molar-refractivity contribution >= 4 is 44.7 Å². The van der Waals surface area contributed by atoms with Crippen molar-refractivity contribution in [2.24, 2.45) is 0 Å². The highest BCUT2D eigenvalue weighted by Crippen LogP contribution is 2.20. The lowest BCUT2D eigenvalue weighted by atomic mass is 10.1. The summed E-state index contributed by atoms with van der Waals surface area (Å²) in [6.45, 7) is -0.131. The molecule has 1 aromatic heterocycles. The average Bonchev–Trinajstić information content (AvgIpc) is 3.25. The number of nitrogens with one attached hydrogen (secondary N) is 2. The monoisotopic (exact) mass is 403 g/mol. The van der Waals surface area contributed by atoms with E-state index < -0.39 is 0 Å². The minimum Gasteiger partial charge on any atom is -0.484 e. The van der Waals surface area contributed by atoms with E-state index in [-0.39, 0.29) is 18.4 Å². The number of nitrogens with zero attached hydrogens (tertiary/aromatic N) is 1. The molecular formula is C22H17N3O3S. The number of aromatic nitrogens is 1. The Hall–Kier alpha value is -3.71. The second-order valence-electron chi connectivity index (χ2n) is 6.22. The third-order valence-corrected chi connectivity index (χ3v) is 4.84. The van der Waals surface area contributed by atoms with Crippen molar-refractivity contribution in [3.63, 3.8) is 0 Å². The summed E-state index contributed by atoms with van der Waals surface area (Å²) >= 11 is 1.34. The number of fused-ring (bicyclic) bond motifs is 1. The van der Waals surface area contributed by atoms with Gasteiger partial charge in [-0.05, 0) is 41.1 Å². The topological polar surface area (TPSA) is 80.3 Å². The van der Waals surface area contributed by atoms with Gasteiger partial charge in [-0.1, -0.05) is 36.4 Å². The molecule has 0 saturated carbocycles. The van der Waals surface area contributed by atoms with E-state index in [1.54, 1.807) is 35.8 Å². The number of amides is 2. The van der Waals surface area contributed by atoms with Crippen molar-refractivity contribution in [1.29, 1.82) is 0 Å². The first-order chi connectivity index (χ1) is 14.2. The van der Waals surface area contributed by atoms with E-state index in [9.17, 15) is 9.59 Å². The molecule has 6 nitrogen and oxygen atoms in total. The predicted molar refractivity (Wildman–Crippen MR) is 115 cm³/mol. The molecule has 3 aromatic carbocycles. The van der Waals surface area contributed by atoms with E-state index in [4.69, 9.17) is 4.74 Å². The molecule has 0 aliphatic rings. The maximum atomic E-state index is 12.3. The van der Waals surface area contributed by atoms with Crippen molar-refractivity contribution < 1.29 is 14.3 Å². The molecule has 7 heteroatoms.